The minimum absolute atomic E-state index is 0.158. The molecule has 0 saturated carbocycles. The Balaban J connectivity index is 1.35. The number of aryl methyl sites for hydroxylation is 2. The number of hydrogen-bond acceptors (Lipinski definition) is 6. The number of morpholine rings is 1. The van der Waals surface area contributed by atoms with E-state index in [9.17, 15) is 4.79 Å². The van der Waals surface area contributed by atoms with Gasteiger partial charge in [0.25, 0.3) is 0 Å². The Hall–Kier alpha value is -4.11. The molecule has 1 aliphatic rings. The molecule has 5 aromatic rings. The number of aromatic nitrogens is 5. The third-order valence-electron chi connectivity index (χ3n) is 6.52. The molecule has 6 rings (SSSR count). The molecule has 3 aromatic heterocycles. The molecular weight excluding hydrogens is 430 g/mol. The lowest BCUT2D eigenvalue weighted by molar-refractivity contribution is 0.103. The first-order valence-electron chi connectivity index (χ1n) is 11.3. The van der Waals surface area contributed by atoms with Crippen LogP contribution in [0.1, 0.15) is 21.9 Å². The van der Waals surface area contributed by atoms with Gasteiger partial charge in [-0.05, 0) is 43.3 Å². The van der Waals surface area contributed by atoms with E-state index >= 15 is 0 Å². The summed E-state index contributed by atoms with van der Waals surface area (Å²) < 4.78 is 8.98. The maximum Gasteiger partial charge on any atom is 0.214 e. The summed E-state index contributed by atoms with van der Waals surface area (Å²) in [6, 6.07) is 13.9. The molecule has 0 bridgehead atoms. The van der Waals surface area contributed by atoms with E-state index in [1.807, 2.05) is 42.8 Å². The van der Waals surface area contributed by atoms with Crippen LogP contribution in [-0.2, 0) is 11.8 Å². The maximum absolute atomic E-state index is 13.5. The van der Waals surface area contributed by atoms with Crippen molar-refractivity contribution in [3.8, 4) is 5.69 Å². The van der Waals surface area contributed by atoms with E-state index in [0.717, 1.165) is 65.4 Å². The Kier molecular flexibility index (Phi) is 4.66. The zero-order valence-electron chi connectivity index (χ0n) is 19.1. The second-order valence-corrected chi connectivity index (χ2v) is 8.64. The van der Waals surface area contributed by atoms with Crippen LogP contribution in [0.25, 0.3) is 27.6 Å². The molecule has 0 radical (unpaired) electrons. The van der Waals surface area contributed by atoms with Gasteiger partial charge in [0.05, 0.1) is 52.9 Å². The third kappa shape index (κ3) is 3.24. The van der Waals surface area contributed by atoms with Gasteiger partial charge in [0.15, 0.2) is 0 Å². The minimum Gasteiger partial charge on any atom is -0.383 e. The number of fused-ring (bicyclic) bond motifs is 2. The lowest BCUT2D eigenvalue weighted by Gasteiger charge is -2.28. The van der Waals surface area contributed by atoms with E-state index in [1.165, 1.54) is 6.20 Å². The van der Waals surface area contributed by atoms with Gasteiger partial charge < -0.3 is 24.9 Å². The first-order chi connectivity index (χ1) is 16.5. The molecule has 0 spiro atoms. The molecule has 0 unspecified atom stereocenters. The largest absolute Gasteiger partial charge is 0.383 e. The summed E-state index contributed by atoms with van der Waals surface area (Å²) in [5, 5.41) is 5.42. The monoisotopic (exact) mass is 455 g/mol. The van der Waals surface area contributed by atoms with Gasteiger partial charge in [-0.25, -0.2) is 9.67 Å². The molecule has 0 aliphatic carbocycles. The highest BCUT2D eigenvalue weighted by Gasteiger charge is 2.22. The molecule has 4 heterocycles. The molecule has 172 valence electrons. The molecule has 3 N–H and O–H groups in total. The molecular formula is C25H25N7O2. The van der Waals surface area contributed by atoms with Crippen molar-refractivity contribution in [1.82, 2.24) is 24.3 Å². The molecule has 34 heavy (non-hydrogen) atoms. The Morgan fingerprint density at radius 1 is 1.09 bits per heavy atom. The Labute approximate surface area is 195 Å². The van der Waals surface area contributed by atoms with E-state index in [0.29, 0.717) is 17.1 Å². The molecule has 0 atom stereocenters. The Bertz CT molecular complexity index is 1550. The Morgan fingerprint density at radius 3 is 2.71 bits per heavy atom. The van der Waals surface area contributed by atoms with Crippen LogP contribution in [0.3, 0.4) is 0 Å². The average Bonchev–Trinajstić information content (AvgIpc) is 3.52. The van der Waals surface area contributed by atoms with Gasteiger partial charge >= 0.3 is 0 Å². The van der Waals surface area contributed by atoms with Gasteiger partial charge in [-0.2, -0.15) is 5.10 Å². The van der Waals surface area contributed by atoms with Crippen molar-refractivity contribution in [3.05, 3.63) is 65.7 Å². The summed E-state index contributed by atoms with van der Waals surface area (Å²) in [5.41, 5.74) is 12.0. The first-order valence-corrected chi connectivity index (χ1v) is 11.3. The van der Waals surface area contributed by atoms with Crippen LogP contribution in [0.2, 0.25) is 0 Å². The first kappa shape index (κ1) is 20.5. The van der Waals surface area contributed by atoms with Gasteiger partial charge in [-0.3, -0.25) is 4.79 Å². The van der Waals surface area contributed by atoms with Crippen molar-refractivity contribution >= 4 is 39.2 Å². The number of H-pyrrole nitrogens is 1. The summed E-state index contributed by atoms with van der Waals surface area (Å²) in [7, 11) is 1.91. The summed E-state index contributed by atoms with van der Waals surface area (Å²) in [5.74, 6) is 0.984. The highest BCUT2D eigenvalue weighted by Crippen LogP contribution is 2.28. The lowest BCUT2D eigenvalue weighted by Crippen LogP contribution is -2.36. The smallest absolute Gasteiger partial charge is 0.214 e. The number of nitrogens with two attached hydrogens (primary N) is 1. The van der Waals surface area contributed by atoms with Gasteiger partial charge in [0.2, 0.25) is 5.78 Å². The molecule has 1 aliphatic heterocycles. The summed E-state index contributed by atoms with van der Waals surface area (Å²) in [6.45, 7) is 5.09. The number of nitrogens with zero attached hydrogens (tertiary/aromatic N) is 5. The number of ether oxygens (including phenoxy) is 1. The molecule has 9 nitrogen and oxygen atoms in total. The second-order valence-electron chi connectivity index (χ2n) is 8.64. The van der Waals surface area contributed by atoms with Crippen LogP contribution in [0, 0.1) is 6.92 Å². The molecule has 1 fully saturated rings. The minimum atomic E-state index is -0.158. The fraction of sp³-hybridized carbons (Fsp3) is 0.240. The Morgan fingerprint density at radius 2 is 1.88 bits per heavy atom. The number of benzene rings is 2. The average molecular weight is 456 g/mol. The number of aromatic amines is 1. The van der Waals surface area contributed by atoms with Crippen LogP contribution >= 0.6 is 0 Å². The normalized spacial score (nSPS) is 14.4. The van der Waals surface area contributed by atoms with E-state index in [2.05, 4.69) is 38.2 Å². The number of hydrogen-bond donors (Lipinski definition) is 2. The van der Waals surface area contributed by atoms with Crippen LogP contribution in [-0.4, -0.2) is 56.4 Å². The van der Waals surface area contributed by atoms with Crippen molar-refractivity contribution in [2.45, 2.75) is 6.92 Å². The van der Waals surface area contributed by atoms with Crippen molar-refractivity contribution in [3.63, 3.8) is 0 Å². The topological polar surface area (TPSA) is 107 Å². The number of anilines is 2. The van der Waals surface area contributed by atoms with Gasteiger partial charge in [-0.15, -0.1) is 0 Å². The van der Waals surface area contributed by atoms with Gasteiger partial charge in [0, 0.05) is 31.2 Å². The fourth-order valence-corrected chi connectivity index (χ4v) is 4.69. The number of imidazole rings is 1. The predicted octanol–water partition coefficient (Wildman–Crippen LogP) is 3.20. The molecule has 9 heteroatoms. The lowest BCUT2D eigenvalue weighted by atomic mass is 10.1. The van der Waals surface area contributed by atoms with Crippen LogP contribution in [0.5, 0.6) is 0 Å². The number of nitrogen functional groups attached to an aromatic ring is 1. The number of rotatable bonds is 4. The van der Waals surface area contributed by atoms with E-state index < -0.39 is 0 Å². The quantitative estimate of drug-likeness (QED) is 0.403. The van der Waals surface area contributed by atoms with Crippen LogP contribution in [0.15, 0.2) is 48.7 Å². The summed E-state index contributed by atoms with van der Waals surface area (Å²) in [4.78, 5) is 23.5. The number of carbonyl (C=O) groups is 1. The van der Waals surface area contributed by atoms with E-state index in [4.69, 9.17) is 10.5 Å². The highest BCUT2D eigenvalue weighted by molar-refractivity contribution is 6.13. The van der Waals surface area contributed by atoms with Crippen LogP contribution < -0.4 is 10.6 Å². The summed E-state index contributed by atoms with van der Waals surface area (Å²) >= 11 is 0. The second kappa shape index (κ2) is 7.74. The summed E-state index contributed by atoms with van der Waals surface area (Å²) in [6.07, 6.45) is 1.54. The number of carbonyl (C=O) groups excluding carboxylic acids is 1. The predicted molar refractivity (Wildman–Crippen MR) is 132 cm³/mol. The molecule has 1 saturated heterocycles. The highest BCUT2D eigenvalue weighted by atomic mass is 16.5. The van der Waals surface area contributed by atoms with Crippen molar-refractivity contribution in [2.75, 3.05) is 36.9 Å². The third-order valence-corrected chi connectivity index (χ3v) is 6.52. The van der Waals surface area contributed by atoms with Crippen molar-refractivity contribution in [2.24, 2.45) is 7.05 Å². The molecule has 2 aromatic carbocycles. The van der Waals surface area contributed by atoms with Crippen LogP contribution in [0.4, 0.5) is 11.5 Å². The number of nitrogens with one attached hydrogen (secondary N) is 1. The van der Waals surface area contributed by atoms with Gasteiger partial charge in [-0.1, -0.05) is 6.07 Å². The zero-order valence-corrected chi connectivity index (χ0v) is 19.1. The standard InChI is InChI=1S/C25H25N7O2/c1-15-28-20-6-5-18(12-21(20)29-15)32-25(26)19(14-27-32)24(33)23-11-16-3-4-17(13-22(16)30(23)2)31-7-9-34-10-8-31/h3-6,11-14H,7-10,26H2,1-2H3,(H,28,29). The number of ketones is 1. The van der Waals surface area contributed by atoms with Gasteiger partial charge in [0.1, 0.15) is 11.6 Å². The zero-order chi connectivity index (χ0) is 23.4. The SMILES string of the molecule is Cc1nc2ccc(-n3ncc(C(=O)c4cc5ccc(N6CCOCC6)cc5n4C)c3N)cc2[nH]1. The van der Waals surface area contributed by atoms with Crippen molar-refractivity contribution in [1.29, 1.82) is 0 Å². The van der Waals surface area contributed by atoms with E-state index in [-0.39, 0.29) is 5.78 Å². The maximum atomic E-state index is 13.5. The fourth-order valence-electron chi connectivity index (χ4n) is 4.69. The molecule has 0 amide bonds. The van der Waals surface area contributed by atoms with E-state index in [1.54, 1.807) is 4.68 Å². The van der Waals surface area contributed by atoms with Crippen molar-refractivity contribution < 1.29 is 9.53 Å².